The Bertz CT molecular complexity index is 1460. The average Bonchev–Trinajstić information content (AvgIpc) is 2.91. The molecule has 0 saturated heterocycles. The summed E-state index contributed by atoms with van der Waals surface area (Å²) in [5.41, 5.74) is -1.71. The number of nitrogens with zero attached hydrogens (tertiary/aromatic N) is 3. The van der Waals surface area contributed by atoms with Crippen molar-refractivity contribution in [2.45, 2.75) is 82.6 Å². The van der Waals surface area contributed by atoms with E-state index in [2.05, 4.69) is 24.6 Å². The fraction of sp³-hybridized carbons (Fsp3) is 0.500. The van der Waals surface area contributed by atoms with Crippen molar-refractivity contribution >= 4 is 60.6 Å². The first-order valence-corrected chi connectivity index (χ1v) is 19.4. The zero-order valence-corrected chi connectivity index (χ0v) is 29.9. The van der Waals surface area contributed by atoms with Gasteiger partial charge in [0.2, 0.25) is 0 Å². The number of amidine groups is 1. The van der Waals surface area contributed by atoms with Gasteiger partial charge in [-0.2, -0.15) is 0 Å². The number of rotatable bonds is 9. The lowest BCUT2D eigenvalue weighted by molar-refractivity contribution is -0.143. The maximum absolute atomic E-state index is 15.6. The number of halogens is 3. The van der Waals surface area contributed by atoms with Crippen LogP contribution in [0.25, 0.3) is 11.9 Å². The molecule has 2 aromatic rings. The second kappa shape index (κ2) is 14.3. The van der Waals surface area contributed by atoms with Crippen LogP contribution in [0.15, 0.2) is 41.5 Å². The van der Waals surface area contributed by atoms with E-state index in [-0.39, 0.29) is 29.6 Å². The minimum absolute atomic E-state index is 0.0186. The van der Waals surface area contributed by atoms with Crippen LogP contribution in [0, 0.1) is 5.82 Å². The molecule has 246 valence electrons. The third-order valence-electron chi connectivity index (χ3n) is 6.86. The number of aromatic nitrogens is 1. The quantitative estimate of drug-likeness (QED) is 0.113. The third kappa shape index (κ3) is 10.1. The molecule has 0 fully saturated rings. The molecule has 1 aliphatic heterocycles. The molecule has 1 amide bonds. The van der Waals surface area contributed by atoms with Gasteiger partial charge < -0.3 is 14.2 Å². The fourth-order valence-electron chi connectivity index (χ4n) is 4.59. The van der Waals surface area contributed by atoms with Crippen LogP contribution in [-0.4, -0.2) is 66.0 Å². The molecule has 1 aromatic carbocycles. The number of methoxy groups -OCH3 is 1. The van der Waals surface area contributed by atoms with Crippen LogP contribution in [0.3, 0.4) is 0 Å². The molecule has 45 heavy (non-hydrogen) atoms. The number of ether oxygens (including phenoxy) is 3. The van der Waals surface area contributed by atoms with E-state index in [1.54, 1.807) is 34.6 Å². The van der Waals surface area contributed by atoms with Crippen molar-refractivity contribution in [3.63, 3.8) is 0 Å². The van der Waals surface area contributed by atoms with Gasteiger partial charge in [0.1, 0.15) is 28.7 Å². The molecule has 1 aromatic heterocycles. The minimum atomic E-state index is -1.43. The maximum atomic E-state index is 15.6. The number of esters is 1. The molecule has 0 radical (unpaired) electrons. The van der Waals surface area contributed by atoms with Crippen LogP contribution >= 0.6 is 23.4 Å². The highest BCUT2D eigenvalue weighted by Crippen LogP contribution is 2.48. The molecule has 13 heteroatoms. The summed E-state index contributed by atoms with van der Waals surface area (Å²) >= 11 is 6.90. The predicted molar refractivity (Wildman–Crippen MR) is 179 cm³/mol. The van der Waals surface area contributed by atoms with Gasteiger partial charge in [0.05, 0.1) is 23.4 Å². The second-order valence-electron chi connectivity index (χ2n) is 13.5. The zero-order chi connectivity index (χ0) is 33.8. The number of hydrogen-bond donors (Lipinski definition) is 0. The van der Waals surface area contributed by atoms with Crippen molar-refractivity contribution in [3.8, 4) is 0 Å². The van der Waals surface area contributed by atoms with E-state index in [1.165, 1.54) is 54.6 Å². The van der Waals surface area contributed by atoms with Crippen LogP contribution in [-0.2, 0) is 24.5 Å². The second-order valence-corrected chi connectivity index (χ2v) is 21.0. The molecule has 2 atom stereocenters. The van der Waals surface area contributed by atoms with Crippen LogP contribution in [0.2, 0.25) is 30.7 Å². The topological polar surface area (TPSA) is 90.3 Å². The summed E-state index contributed by atoms with van der Waals surface area (Å²) in [4.78, 5) is 36.8. The average molecular weight is 682 g/mol. The molecule has 1 aliphatic rings. The maximum Gasteiger partial charge on any atom is 0.418 e. The summed E-state index contributed by atoms with van der Waals surface area (Å²) in [6.07, 6.45) is 1.85. The van der Waals surface area contributed by atoms with E-state index >= 15 is 8.78 Å². The molecule has 2 heterocycles. The highest BCUT2D eigenvalue weighted by Gasteiger charge is 2.50. The standard InChI is InChI=1S/C32H42ClF2N3O5SSi/c1-30(2,3)43-29(40)38(20-42-14-15-45(7,8)9)28-37-31(4,19-32(5,44-28)27(39)41-6)23-16-21(10-12-24(23)34)17-25(35)26-13-11-22(33)18-36-26/h10-13,16-18H,14-15,19-20H2,1-9H3/b25-17-/t31-,32-/m0/s1. The third-order valence-corrected chi connectivity index (χ3v) is 10.0. The summed E-state index contributed by atoms with van der Waals surface area (Å²) < 4.78 is 46.2. The van der Waals surface area contributed by atoms with Crippen LogP contribution < -0.4 is 0 Å². The lowest BCUT2D eigenvalue weighted by Gasteiger charge is -2.42. The van der Waals surface area contributed by atoms with E-state index in [9.17, 15) is 9.59 Å². The molecule has 0 bridgehead atoms. The van der Waals surface area contributed by atoms with E-state index in [0.717, 1.165) is 17.8 Å². The molecule has 3 rings (SSSR count). The first-order chi connectivity index (χ1) is 20.7. The summed E-state index contributed by atoms with van der Waals surface area (Å²) in [6.45, 7) is 15.4. The lowest BCUT2D eigenvalue weighted by atomic mass is 9.82. The molecule has 0 N–H and O–H groups in total. The van der Waals surface area contributed by atoms with Crippen molar-refractivity contribution < 1.29 is 32.6 Å². The Kier molecular flexibility index (Phi) is 11.7. The molecule has 8 nitrogen and oxygen atoms in total. The number of carbonyl (C=O) groups is 2. The smallest absolute Gasteiger partial charge is 0.418 e. The van der Waals surface area contributed by atoms with Gasteiger partial charge >= 0.3 is 12.1 Å². The zero-order valence-electron chi connectivity index (χ0n) is 27.3. The largest absolute Gasteiger partial charge is 0.468 e. The van der Waals surface area contributed by atoms with E-state index in [4.69, 9.17) is 30.8 Å². The van der Waals surface area contributed by atoms with Crippen LogP contribution in [0.1, 0.15) is 57.9 Å². The number of thioether (sulfide) groups is 1. The lowest BCUT2D eigenvalue weighted by Crippen LogP contribution is -2.50. The van der Waals surface area contributed by atoms with Gasteiger partial charge in [-0.3, -0.25) is 14.8 Å². The van der Waals surface area contributed by atoms with Gasteiger partial charge in [-0.25, -0.2) is 18.5 Å². The summed E-state index contributed by atoms with van der Waals surface area (Å²) in [5.74, 6) is -1.84. The Morgan fingerprint density at radius 1 is 1.18 bits per heavy atom. The molecular formula is C32H42ClF2N3O5SSi. The number of pyridine rings is 1. The highest BCUT2D eigenvalue weighted by atomic mass is 35.5. The number of amides is 1. The fourth-order valence-corrected chi connectivity index (χ4v) is 6.86. The Morgan fingerprint density at radius 2 is 1.87 bits per heavy atom. The number of benzene rings is 1. The van der Waals surface area contributed by atoms with Crippen molar-refractivity contribution in [1.82, 2.24) is 9.88 Å². The molecule has 0 saturated carbocycles. The SMILES string of the molecule is COC(=O)[C@]1(C)C[C@@](C)(c2cc(/C=C(\F)c3ccc(Cl)cn3)ccc2F)N=C(N(COCC[Si](C)(C)C)C(=O)OC(C)(C)C)S1. The monoisotopic (exact) mass is 681 g/mol. The van der Waals surface area contributed by atoms with Gasteiger partial charge in [0.25, 0.3) is 0 Å². The van der Waals surface area contributed by atoms with Crippen LogP contribution in [0.4, 0.5) is 13.6 Å². The van der Waals surface area contributed by atoms with E-state index < -0.39 is 47.7 Å². The van der Waals surface area contributed by atoms with Gasteiger partial charge in [-0.1, -0.05) is 49.1 Å². The normalized spacial score (nSPS) is 20.8. The van der Waals surface area contributed by atoms with Gasteiger partial charge in [-0.15, -0.1) is 0 Å². The first-order valence-electron chi connectivity index (χ1n) is 14.5. The van der Waals surface area contributed by atoms with Crippen molar-refractivity contribution in [2.24, 2.45) is 4.99 Å². The minimum Gasteiger partial charge on any atom is -0.468 e. The van der Waals surface area contributed by atoms with Crippen molar-refractivity contribution in [3.05, 3.63) is 64.2 Å². The summed E-state index contributed by atoms with van der Waals surface area (Å²) in [6, 6.07) is 7.93. The summed E-state index contributed by atoms with van der Waals surface area (Å²) in [5, 5.41) is 0.471. The number of carbonyl (C=O) groups excluding carboxylic acids is 2. The Morgan fingerprint density at radius 3 is 2.44 bits per heavy atom. The summed E-state index contributed by atoms with van der Waals surface area (Å²) in [7, 11) is -0.166. The van der Waals surface area contributed by atoms with Crippen molar-refractivity contribution in [1.29, 1.82) is 0 Å². The van der Waals surface area contributed by atoms with Gasteiger partial charge in [0, 0.05) is 32.9 Å². The van der Waals surface area contributed by atoms with Gasteiger partial charge in [0.15, 0.2) is 5.17 Å². The number of aliphatic imine (C=N–C) groups is 1. The van der Waals surface area contributed by atoms with E-state index in [0.29, 0.717) is 17.2 Å². The predicted octanol–water partition coefficient (Wildman–Crippen LogP) is 8.53. The van der Waals surface area contributed by atoms with Gasteiger partial charge in [-0.05, 0) is 76.6 Å². The highest BCUT2D eigenvalue weighted by molar-refractivity contribution is 8.15. The molecule has 0 aliphatic carbocycles. The Balaban J connectivity index is 2.12. The molecular weight excluding hydrogens is 640 g/mol. The molecule has 0 unspecified atom stereocenters. The molecule has 0 spiro atoms. The van der Waals surface area contributed by atoms with E-state index in [1.807, 2.05) is 0 Å². The van der Waals surface area contributed by atoms with Crippen LogP contribution in [0.5, 0.6) is 0 Å². The number of hydrogen-bond acceptors (Lipinski definition) is 8. The first kappa shape index (κ1) is 36.7. The Hall–Kier alpha value is -2.80. The van der Waals surface area contributed by atoms with Crippen molar-refractivity contribution in [2.75, 3.05) is 20.4 Å². The Labute approximate surface area is 274 Å².